The number of rotatable bonds is 9. The molecule has 1 saturated heterocycles. The molecule has 0 aromatic heterocycles. The molecule has 0 radical (unpaired) electrons. The van der Waals surface area contributed by atoms with Crippen molar-refractivity contribution in [2.75, 3.05) is 26.7 Å². The normalized spacial score (nSPS) is 15.1. The van der Waals surface area contributed by atoms with E-state index in [4.69, 9.17) is 4.74 Å². The van der Waals surface area contributed by atoms with Crippen molar-refractivity contribution in [3.05, 3.63) is 29.8 Å². The molecular weight excluding hydrogens is 318 g/mol. The Bertz CT molecular complexity index is 560. The molecule has 6 nitrogen and oxygen atoms in total. The Morgan fingerprint density at radius 1 is 1.32 bits per heavy atom. The van der Waals surface area contributed by atoms with Gasteiger partial charge in [0.15, 0.2) is 0 Å². The summed E-state index contributed by atoms with van der Waals surface area (Å²) in [5.74, 6) is 1.08. The van der Waals surface area contributed by atoms with Crippen LogP contribution >= 0.6 is 0 Å². The molecule has 6 heteroatoms. The van der Waals surface area contributed by atoms with Crippen LogP contribution in [0.2, 0.25) is 0 Å². The molecule has 1 fully saturated rings. The first-order valence-electron chi connectivity index (χ1n) is 9.03. The summed E-state index contributed by atoms with van der Waals surface area (Å²) in [7, 11) is 1.66. The van der Waals surface area contributed by atoms with Gasteiger partial charge < -0.3 is 20.3 Å². The van der Waals surface area contributed by atoms with E-state index in [1.807, 2.05) is 36.1 Å². The van der Waals surface area contributed by atoms with Gasteiger partial charge in [-0.05, 0) is 50.3 Å². The van der Waals surface area contributed by atoms with Crippen LogP contribution in [0.15, 0.2) is 24.3 Å². The predicted octanol–water partition coefficient (Wildman–Crippen LogP) is 2.33. The third-order valence-electron chi connectivity index (χ3n) is 4.46. The number of amides is 3. The minimum absolute atomic E-state index is 0.0993. The molecular formula is C19H29N3O3. The van der Waals surface area contributed by atoms with Crippen LogP contribution in [-0.2, 0) is 11.2 Å². The van der Waals surface area contributed by atoms with E-state index in [1.165, 1.54) is 5.56 Å². The molecule has 138 valence electrons. The Morgan fingerprint density at radius 2 is 2.08 bits per heavy atom. The van der Waals surface area contributed by atoms with E-state index in [1.54, 1.807) is 7.11 Å². The van der Waals surface area contributed by atoms with Crippen LogP contribution < -0.4 is 15.4 Å². The molecule has 1 atom stereocenters. The Balaban J connectivity index is 1.56. The van der Waals surface area contributed by atoms with Crippen molar-refractivity contribution in [3.63, 3.8) is 0 Å². The van der Waals surface area contributed by atoms with Crippen LogP contribution in [0, 0.1) is 0 Å². The number of likely N-dealkylation sites (tertiary alicyclic amines) is 1. The summed E-state index contributed by atoms with van der Waals surface area (Å²) in [4.78, 5) is 25.3. The molecule has 25 heavy (non-hydrogen) atoms. The molecule has 1 aliphatic heterocycles. The zero-order valence-corrected chi connectivity index (χ0v) is 15.2. The highest BCUT2D eigenvalue weighted by molar-refractivity contribution is 5.78. The molecule has 0 spiro atoms. The molecule has 3 amide bonds. The third kappa shape index (κ3) is 6.64. The maximum atomic E-state index is 11.9. The number of carbonyl (C=O) groups excluding carboxylic acids is 2. The molecule has 1 aromatic rings. The molecule has 1 heterocycles. The highest BCUT2D eigenvalue weighted by Gasteiger charge is 2.19. The van der Waals surface area contributed by atoms with Gasteiger partial charge in [0.25, 0.3) is 0 Å². The average molecular weight is 347 g/mol. The summed E-state index contributed by atoms with van der Waals surface area (Å²) < 4.78 is 5.15. The number of carbonyl (C=O) groups is 2. The van der Waals surface area contributed by atoms with E-state index in [9.17, 15) is 9.59 Å². The van der Waals surface area contributed by atoms with Crippen LogP contribution in [-0.4, -0.2) is 49.6 Å². The van der Waals surface area contributed by atoms with E-state index >= 15 is 0 Å². The van der Waals surface area contributed by atoms with Gasteiger partial charge in [0.2, 0.25) is 5.91 Å². The van der Waals surface area contributed by atoms with Crippen LogP contribution in [0.25, 0.3) is 0 Å². The molecule has 1 aliphatic rings. The number of methoxy groups -OCH3 is 1. The Hall–Kier alpha value is -2.24. The fourth-order valence-corrected chi connectivity index (χ4v) is 2.93. The van der Waals surface area contributed by atoms with Crippen molar-refractivity contribution in [2.24, 2.45) is 0 Å². The molecule has 0 unspecified atom stereocenters. The van der Waals surface area contributed by atoms with Gasteiger partial charge in [0.1, 0.15) is 5.75 Å². The summed E-state index contributed by atoms with van der Waals surface area (Å²) in [6, 6.07) is 7.95. The van der Waals surface area contributed by atoms with Crippen LogP contribution in [0.3, 0.4) is 0 Å². The number of benzene rings is 1. The van der Waals surface area contributed by atoms with Gasteiger partial charge in [-0.2, -0.15) is 0 Å². The van der Waals surface area contributed by atoms with Gasteiger partial charge >= 0.3 is 6.03 Å². The van der Waals surface area contributed by atoms with Crippen molar-refractivity contribution in [2.45, 2.75) is 45.1 Å². The van der Waals surface area contributed by atoms with Gasteiger partial charge in [-0.1, -0.05) is 12.1 Å². The van der Waals surface area contributed by atoms with Gasteiger partial charge in [-0.3, -0.25) is 4.79 Å². The maximum absolute atomic E-state index is 11.9. The van der Waals surface area contributed by atoms with Crippen LogP contribution in [0.5, 0.6) is 5.75 Å². The summed E-state index contributed by atoms with van der Waals surface area (Å²) >= 11 is 0. The lowest BCUT2D eigenvalue weighted by molar-refractivity contribution is -0.127. The SMILES string of the molecule is COc1ccc(CC[C@H](C)NC(=O)NCCCN2CCCC2=O)cc1. The fourth-order valence-electron chi connectivity index (χ4n) is 2.93. The van der Waals surface area contributed by atoms with E-state index in [0.29, 0.717) is 13.0 Å². The Labute approximate surface area is 149 Å². The van der Waals surface area contributed by atoms with Gasteiger partial charge in [-0.15, -0.1) is 0 Å². The molecule has 1 aromatic carbocycles. The highest BCUT2D eigenvalue weighted by atomic mass is 16.5. The zero-order chi connectivity index (χ0) is 18.1. The predicted molar refractivity (Wildman–Crippen MR) is 97.7 cm³/mol. The van der Waals surface area contributed by atoms with E-state index in [-0.39, 0.29) is 18.0 Å². The van der Waals surface area contributed by atoms with Gasteiger partial charge in [0, 0.05) is 32.1 Å². The number of urea groups is 1. The lowest BCUT2D eigenvalue weighted by Crippen LogP contribution is -2.42. The number of ether oxygens (including phenoxy) is 1. The maximum Gasteiger partial charge on any atom is 0.314 e. The molecule has 2 rings (SSSR count). The number of nitrogens with zero attached hydrogens (tertiary/aromatic N) is 1. The zero-order valence-electron chi connectivity index (χ0n) is 15.2. The average Bonchev–Trinajstić information content (AvgIpc) is 3.02. The lowest BCUT2D eigenvalue weighted by Gasteiger charge is -2.17. The molecule has 0 aliphatic carbocycles. The molecule has 2 N–H and O–H groups in total. The second-order valence-electron chi connectivity index (χ2n) is 6.53. The second kappa shape index (κ2) is 9.91. The van der Waals surface area contributed by atoms with Crippen molar-refractivity contribution in [3.8, 4) is 5.75 Å². The largest absolute Gasteiger partial charge is 0.497 e. The second-order valence-corrected chi connectivity index (χ2v) is 6.53. The first-order chi connectivity index (χ1) is 12.1. The van der Waals surface area contributed by atoms with E-state index in [0.717, 1.165) is 44.5 Å². The summed E-state index contributed by atoms with van der Waals surface area (Å²) in [6.07, 6.45) is 4.20. The standard InChI is InChI=1S/C19H29N3O3/c1-15(6-7-16-8-10-17(25-2)11-9-16)21-19(24)20-12-4-14-22-13-3-5-18(22)23/h8-11,15H,3-7,12-14H2,1-2H3,(H2,20,21,24)/t15-/m0/s1. The van der Waals surface area contributed by atoms with Crippen molar-refractivity contribution < 1.29 is 14.3 Å². The Morgan fingerprint density at radius 3 is 2.72 bits per heavy atom. The van der Waals surface area contributed by atoms with Gasteiger partial charge in [0.05, 0.1) is 7.11 Å². The molecule has 0 bridgehead atoms. The van der Waals surface area contributed by atoms with Gasteiger partial charge in [-0.25, -0.2) is 4.79 Å². The Kier molecular flexibility index (Phi) is 7.57. The summed E-state index contributed by atoms with van der Waals surface area (Å²) in [5.41, 5.74) is 1.23. The topological polar surface area (TPSA) is 70.7 Å². The number of hydrogen-bond acceptors (Lipinski definition) is 3. The fraction of sp³-hybridized carbons (Fsp3) is 0.579. The number of nitrogens with one attached hydrogen (secondary N) is 2. The van der Waals surface area contributed by atoms with Crippen molar-refractivity contribution in [1.29, 1.82) is 0 Å². The number of hydrogen-bond donors (Lipinski definition) is 2. The summed E-state index contributed by atoms with van der Waals surface area (Å²) in [5, 5.41) is 5.82. The first-order valence-corrected chi connectivity index (χ1v) is 9.03. The molecule has 0 saturated carbocycles. The minimum Gasteiger partial charge on any atom is -0.497 e. The summed E-state index contributed by atoms with van der Waals surface area (Å²) in [6.45, 7) is 4.17. The first kappa shape index (κ1) is 19.1. The van der Waals surface area contributed by atoms with E-state index in [2.05, 4.69) is 10.6 Å². The van der Waals surface area contributed by atoms with Crippen molar-refractivity contribution >= 4 is 11.9 Å². The quantitative estimate of drug-likeness (QED) is 0.674. The van der Waals surface area contributed by atoms with Crippen LogP contribution in [0.1, 0.15) is 38.2 Å². The lowest BCUT2D eigenvalue weighted by atomic mass is 10.1. The highest BCUT2D eigenvalue weighted by Crippen LogP contribution is 2.13. The number of aryl methyl sites for hydroxylation is 1. The van der Waals surface area contributed by atoms with E-state index < -0.39 is 0 Å². The minimum atomic E-state index is -0.144. The smallest absolute Gasteiger partial charge is 0.314 e. The third-order valence-corrected chi connectivity index (χ3v) is 4.46. The van der Waals surface area contributed by atoms with Crippen molar-refractivity contribution in [1.82, 2.24) is 15.5 Å². The van der Waals surface area contributed by atoms with Crippen LogP contribution in [0.4, 0.5) is 4.79 Å². The monoisotopic (exact) mass is 347 g/mol.